The van der Waals surface area contributed by atoms with Gasteiger partial charge in [-0.25, -0.2) is 9.97 Å². The number of nitrogens with zero attached hydrogens (tertiary/aromatic N) is 2. The molecule has 0 amide bonds. The maximum Gasteiger partial charge on any atom is 0.158 e. The van der Waals surface area contributed by atoms with E-state index in [9.17, 15) is 0 Å². The molecule has 0 spiro atoms. The number of rotatable bonds is 10. The molecule has 0 aliphatic carbocycles. The summed E-state index contributed by atoms with van der Waals surface area (Å²) in [5.41, 5.74) is 5.70. The molecule has 7 heteroatoms. The van der Waals surface area contributed by atoms with Crippen molar-refractivity contribution in [2.75, 3.05) is 44.0 Å². The van der Waals surface area contributed by atoms with Crippen molar-refractivity contribution in [3.8, 4) is 0 Å². The van der Waals surface area contributed by atoms with E-state index in [0.717, 1.165) is 13.0 Å². The van der Waals surface area contributed by atoms with Crippen LogP contribution in [0, 0.1) is 0 Å². The second-order valence-corrected chi connectivity index (χ2v) is 3.85. The van der Waals surface area contributed by atoms with Gasteiger partial charge in [-0.15, -0.1) is 0 Å². The Morgan fingerprint density at radius 1 is 1.32 bits per heavy atom. The minimum Gasteiger partial charge on any atom is -0.394 e. The quantitative estimate of drug-likeness (QED) is 0.529. The number of ether oxygens (including phenoxy) is 2. The molecular formula is C12H22N4O3. The third-order valence-electron chi connectivity index (χ3n) is 2.23. The van der Waals surface area contributed by atoms with Gasteiger partial charge in [0.25, 0.3) is 0 Å². The Kier molecular flexibility index (Phi) is 7.80. The molecule has 0 saturated carbocycles. The summed E-state index contributed by atoms with van der Waals surface area (Å²) in [6.07, 6.45) is 0.824. The molecule has 1 rings (SSSR count). The lowest BCUT2D eigenvalue weighted by molar-refractivity contribution is 0.0922. The van der Waals surface area contributed by atoms with Gasteiger partial charge in [0.1, 0.15) is 18.2 Å². The summed E-state index contributed by atoms with van der Waals surface area (Å²) >= 11 is 0. The van der Waals surface area contributed by atoms with Gasteiger partial charge in [0.2, 0.25) is 0 Å². The minimum atomic E-state index is 0.0522. The third-order valence-corrected chi connectivity index (χ3v) is 2.23. The van der Waals surface area contributed by atoms with Gasteiger partial charge in [-0.3, -0.25) is 0 Å². The van der Waals surface area contributed by atoms with Crippen molar-refractivity contribution in [1.29, 1.82) is 0 Å². The predicted molar refractivity (Wildman–Crippen MR) is 72.8 cm³/mol. The largest absolute Gasteiger partial charge is 0.394 e. The fraction of sp³-hybridized carbons (Fsp3) is 0.667. The third kappa shape index (κ3) is 6.90. The van der Waals surface area contributed by atoms with Crippen LogP contribution in [0.4, 0.5) is 11.6 Å². The van der Waals surface area contributed by atoms with E-state index >= 15 is 0 Å². The molecule has 0 aliphatic heterocycles. The van der Waals surface area contributed by atoms with Crippen molar-refractivity contribution in [2.24, 2.45) is 0 Å². The molecule has 0 fully saturated rings. The van der Waals surface area contributed by atoms with E-state index in [2.05, 4.69) is 15.3 Å². The van der Waals surface area contributed by atoms with Gasteiger partial charge < -0.3 is 25.6 Å². The molecule has 1 aromatic rings. The summed E-state index contributed by atoms with van der Waals surface area (Å²) in [7, 11) is 0. The lowest BCUT2D eigenvalue weighted by Gasteiger charge is -2.08. The Balaban J connectivity index is 2.34. The molecular weight excluding hydrogens is 248 g/mol. The van der Waals surface area contributed by atoms with Crippen molar-refractivity contribution in [1.82, 2.24) is 9.97 Å². The second kappa shape index (κ2) is 9.48. The number of aliphatic hydroxyl groups is 1. The molecule has 0 aliphatic rings. The van der Waals surface area contributed by atoms with Gasteiger partial charge in [-0.2, -0.15) is 0 Å². The first kappa shape index (κ1) is 15.6. The van der Waals surface area contributed by atoms with E-state index in [1.54, 1.807) is 6.07 Å². The van der Waals surface area contributed by atoms with E-state index in [1.165, 1.54) is 0 Å². The Bertz CT molecular complexity index is 363. The maximum atomic E-state index is 8.55. The molecule has 0 bridgehead atoms. The highest BCUT2D eigenvalue weighted by atomic mass is 16.5. The van der Waals surface area contributed by atoms with Crippen LogP contribution in [0.15, 0.2) is 6.07 Å². The Labute approximate surface area is 113 Å². The highest BCUT2D eigenvalue weighted by Crippen LogP contribution is 2.09. The van der Waals surface area contributed by atoms with Crippen molar-refractivity contribution >= 4 is 11.6 Å². The molecule has 0 saturated heterocycles. The van der Waals surface area contributed by atoms with Crippen LogP contribution in [0.2, 0.25) is 0 Å². The Morgan fingerprint density at radius 3 is 2.89 bits per heavy atom. The first-order valence-electron chi connectivity index (χ1n) is 6.40. The van der Waals surface area contributed by atoms with E-state index in [-0.39, 0.29) is 6.61 Å². The molecule has 0 aromatic carbocycles. The first-order chi connectivity index (χ1) is 9.26. The number of nitrogens with one attached hydrogen (secondary N) is 1. The number of nitrogen functional groups attached to an aromatic ring is 1. The Hall–Kier alpha value is -1.44. The molecule has 0 radical (unpaired) electrons. The minimum absolute atomic E-state index is 0.0522. The SMILES string of the molecule is CCOCc1nc(N)cc(NCCCOCCO)n1. The van der Waals surface area contributed by atoms with Crippen LogP contribution < -0.4 is 11.1 Å². The van der Waals surface area contributed by atoms with Gasteiger partial charge in [0.15, 0.2) is 5.82 Å². The smallest absolute Gasteiger partial charge is 0.158 e. The van der Waals surface area contributed by atoms with E-state index in [0.29, 0.717) is 43.9 Å². The summed E-state index contributed by atoms with van der Waals surface area (Å²) in [4.78, 5) is 8.39. The Morgan fingerprint density at radius 2 is 2.16 bits per heavy atom. The fourth-order valence-electron chi connectivity index (χ4n) is 1.42. The van der Waals surface area contributed by atoms with Crippen LogP contribution in [0.25, 0.3) is 0 Å². The van der Waals surface area contributed by atoms with Gasteiger partial charge in [-0.05, 0) is 13.3 Å². The van der Waals surface area contributed by atoms with Crippen molar-refractivity contribution in [2.45, 2.75) is 20.0 Å². The number of hydrogen-bond acceptors (Lipinski definition) is 7. The van der Waals surface area contributed by atoms with Crippen LogP contribution >= 0.6 is 0 Å². The summed E-state index contributed by atoms with van der Waals surface area (Å²) in [6, 6.07) is 1.68. The van der Waals surface area contributed by atoms with Gasteiger partial charge in [0, 0.05) is 25.8 Å². The summed E-state index contributed by atoms with van der Waals surface area (Å²) in [5, 5.41) is 11.7. The van der Waals surface area contributed by atoms with Gasteiger partial charge >= 0.3 is 0 Å². The van der Waals surface area contributed by atoms with Gasteiger partial charge in [0.05, 0.1) is 13.2 Å². The van der Waals surface area contributed by atoms with E-state index in [1.807, 2.05) is 6.92 Å². The lowest BCUT2D eigenvalue weighted by Crippen LogP contribution is -2.11. The molecule has 108 valence electrons. The predicted octanol–water partition coefficient (Wildman–Crippen LogP) is 0.406. The number of aliphatic hydroxyl groups excluding tert-OH is 1. The second-order valence-electron chi connectivity index (χ2n) is 3.85. The molecule has 7 nitrogen and oxygen atoms in total. The number of anilines is 2. The van der Waals surface area contributed by atoms with Crippen molar-refractivity contribution < 1.29 is 14.6 Å². The van der Waals surface area contributed by atoms with Crippen LogP contribution in [-0.4, -0.2) is 48.0 Å². The fourth-order valence-corrected chi connectivity index (χ4v) is 1.42. The summed E-state index contributed by atoms with van der Waals surface area (Å²) < 4.78 is 10.4. The van der Waals surface area contributed by atoms with Crippen molar-refractivity contribution in [3.63, 3.8) is 0 Å². The first-order valence-corrected chi connectivity index (χ1v) is 6.40. The molecule has 0 unspecified atom stereocenters. The number of aromatic nitrogens is 2. The average Bonchev–Trinajstić information content (AvgIpc) is 2.40. The van der Waals surface area contributed by atoms with Crippen molar-refractivity contribution in [3.05, 3.63) is 11.9 Å². The highest BCUT2D eigenvalue weighted by molar-refractivity contribution is 5.44. The zero-order valence-electron chi connectivity index (χ0n) is 11.3. The van der Waals surface area contributed by atoms with E-state index < -0.39 is 0 Å². The van der Waals surface area contributed by atoms with E-state index in [4.69, 9.17) is 20.3 Å². The van der Waals surface area contributed by atoms with Crippen LogP contribution in [0.1, 0.15) is 19.2 Å². The summed E-state index contributed by atoms with van der Waals surface area (Å²) in [6.45, 7) is 4.63. The molecule has 19 heavy (non-hydrogen) atoms. The number of nitrogens with two attached hydrogens (primary N) is 1. The number of hydrogen-bond donors (Lipinski definition) is 3. The van der Waals surface area contributed by atoms with Crippen LogP contribution in [0.5, 0.6) is 0 Å². The highest BCUT2D eigenvalue weighted by Gasteiger charge is 2.02. The molecule has 0 atom stereocenters. The maximum absolute atomic E-state index is 8.55. The lowest BCUT2D eigenvalue weighted by atomic mass is 10.4. The monoisotopic (exact) mass is 270 g/mol. The summed E-state index contributed by atoms with van der Waals surface area (Å²) in [5.74, 6) is 1.67. The van der Waals surface area contributed by atoms with Crippen LogP contribution in [0.3, 0.4) is 0 Å². The standard InChI is InChI=1S/C12H22N4O3/c1-2-18-9-12-15-10(13)8-11(16-12)14-4-3-6-19-7-5-17/h8,17H,2-7,9H2,1H3,(H3,13,14,15,16). The molecule has 1 heterocycles. The molecule has 4 N–H and O–H groups in total. The molecule has 1 aromatic heterocycles. The van der Waals surface area contributed by atoms with Gasteiger partial charge in [-0.1, -0.05) is 0 Å². The average molecular weight is 270 g/mol. The van der Waals surface area contributed by atoms with Crippen LogP contribution in [-0.2, 0) is 16.1 Å². The zero-order valence-corrected chi connectivity index (χ0v) is 11.3. The normalized spacial score (nSPS) is 10.6. The topological polar surface area (TPSA) is 103 Å². The zero-order chi connectivity index (χ0) is 13.9.